The van der Waals surface area contributed by atoms with Gasteiger partial charge >= 0.3 is 0 Å². The molecule has 16 heavy (non-hydrogen) atoms. The molecule has 2 nitrogen and oxygen atoms in total. The van der Waals surface area contributed by atoms with Crippen molar-refractivity contribution in [1.82, 2.24) is 0 Å². The fourth-order valence-electron chi connectivity index (χ4n) is 2.46. The molecule has 0 aromatic heterocycles. The zero-order valence-electron chi connectivity index (χ0n) is 10.3. The van der Waals surface area contributed by atoms with Crippen LogP contribution < -0.4 is 10.5 Å². The Hall–Kier alpha value is -0.730. The zero-order chi connectivity index (χ0) is 12.1. The van der Waals surface area contributed by atoms with E-state index >= 15 is 0 Å². The minimum Gasteiger partial charge on any atom is -0.495 e. The third-order valence-corrected chi connectivity index (χ3v) is 4.13. The first-order valence-electron chi connectivity index (χ1n) is 5.55. The number of halogens is 1. The molecule has 1 aromatic carbocycles. The van der Waals surface area contributed by atoms with Gasteiger partial charge in [-0.25, -0.2) is 0 Å². The van der Waals surface area contributed by atoms with Crippen LogP contribution in [0.15, 0.2) is 0 Å². The van der Waals surface area contributed by atoms with E-state index in [0.717, 1.165) is 29.7 Å². The Bertz CT molecular complexity index is 421. The first kappa shape index (κ1) is 11.7. The Morgan fingerprint density at radius 2 is 1.69 bits per heavy atom. The molecule has 0 unspecified atom stereocenters. The summed E-state index contributed by atoms with van der Waals surface area (Å²) in [5.74, 6) is 0.782. The van der Waals surface area contributed by atoms with Crippen LogP contribution in [0, 0.1) is 20.8 Å². The van der Waals surface area contributed by atoms with E-state index in [1.54, 1.807) is 7.11 Å². The van der Waals surface area contributed by atoms with Gasteiger partial charge in [-0.2, -0.15) is 0 Å². The average Bonchev–Trinajstić information content (AvgIpc) is 2.95. The molecule has 1 aliphatic carbocycles. The van der Waals surface area contributed by atoms with E-state index in [2.05, 4.69) is 6.92 Å². The van der Waals surface area contributed by atoms with E-state index in [0.29, 0.717) is 5.02 Å². The number of hydrogen-bond acceptors (Lipinski definition) is 2. The van der Waals surface area contributed by atoms with Crippen LogP contribution in [-0.4, -0.2) is 7.11 Å². The molecule has 0 radical (unpaired) electrons. The molecule has 0 spiro atoms. The van der Waals surface area contributed by atoms with Crippen molar-refractivity contribution in [2.24, 2.45) is 5.73 Å². The molecule has 3 heteroatoms. The van der Waals surface area contributed by atoms with Crippen molar-refractivity contribution in [2.75, 3.05) is 7.11 Å². The largest absolute Gasteiger partial charge is 0.495 e. The Balaban J connectivity index is 2.72. The lowest BCUT2D eigenvalue weighted by molar-refractivity contribution is 0.410. The quantitative estimate of drug-likeness (QED) is 0.860. The highest BCUT2D eigenvalue weighted by molar-refractivity contribution is 6.33. The summed E-state index contributed by atoms with van der Waals surface area (Å²) in [5.41, 5.74) is 10.8. The first-order chi connectivity index (χ1) is 7.42. The summed E-state index contributed by atoms with van der Waals surface area (Å²) in [6.07, 6.45) is 2.10. The molecule has 2 rings (SSSR count). The monoisotopic (exact) mass is 239 g/mol. The van der Waals surface area contributed by atoms with Gasteiger partial charge in [0.05, 0.1) is 12.1 Å². The molecule has 1 fully saturated rings. The van der Waals surface area contributed by atoms with Crippen molar-refractivity contribution in [2.45, 2.75) is 39.2 Å². The van der Waals surface area contributed by atoms with E-state index in [1.165, 1.54) is 11.1 Å². The van der Waals surface area contributed by atoms with E-state index in [-0.39, 0.29) is 5.54 Å². The molecular formula is C13H18ClNO. The number of rotatable bonds is 2. The third-order valence-electron chi connectivity index (χ3n) is 3.67. The van der Waals surface area contributed by atoms with Crippen molar-refractivity contribution in [3.8, 4) is 5.75 Å². The molecule has 0 amide bonds. The van der Waals surface area contributed by atoms with Crippen LogP contribution in [-0.2, 0) is 5.54 Å². The fourth-order valence-corrected chi connectivity index (χ4v) is 2.77. The summed E-state index contributed by atoms with van der Waals surface area (Å²) in [6.45, 7) is 6.16. The maximum absolute atomic E-state index is 6.33. The Morgan fingerprint density at radius 3 is 2.12 bits per heavy atom. The van der Waals surface area contributed by atoms with E-state index in [1.807, 2.05) is 13.8 Å². The van der Waals surface area contributed by atoms with Gasteiger partial charge in [-0.15, -0.1) is 0 Å². The number of ether oxygens (including phenoxy) is 1. The number of benzene rings is 1. The summed E-state index contributed by atoms with van der Waals surface area (Å²) < 4.78 is 5.35. The molecule has 0 bridgehead atoms. The molecule has 0 saturated heterocycles. The molecule has 2 N–H and O–H groups in total. The standard InChI is InChI=1S/C13H18ClNO/c1-7-8(2)12(16-4)11(14)9(3)10(7)13(15)5-6-13/h5-6,15H2,1-4H3. The van der Waals surface area contributed by atoms with Crippen LogP contribution in [0.25, 0.3) is 0 Å². The van der Waals surface area contributed by atoms with Crippen molar-refractivity contribution in [3.63, 3.8) is 0 Å². The molecular weight excluding hydrogens is 222 g/mol. The van der Waals surface area contributed by atoms with Crippen molar-refractivity contribution in [3.05, 3.63) is 27.3 Å². The van der Waals surface area contributed by atoms with Gasteiger partial charge in [-0.05, 0) is 55.9 Å². The summed E-state index contributed by atoms with van der Waals surface area (Å²) in [4.78, 5) is 0. The molecule has 1 saturated carbocycles. The van der Waals surface area contributed by atoms with Gasteiger partial charge < -0.3 is 10.5 Å². The maximum Gasteiger partial charge on any atom is 0.140 e. The minimum absolute atomic E-state index is 0.144. The summed E-state index contributed by atoms with van der Waals surface area (Å²) in [5, 5.41) is 0.706. The normalized spacial score (nSPS) is 17.4. The smallest absolute Gasteiger partial charge is 0.140 e. The second kappa shape index (κ2) is 3.64. The third kappa shape index (κ3) is 1.52. The fraction of sp³-hybridized carbons (Fsp3) is 0.538. The van der Waals surface area contributed by atoms with Crippen molar-refractivity contribution < 1.29 is 4.74 Å². The SMILES string of the molecule is COc1c(C)c(C)c(C2(N)CC2)c(C)c1Cl. The Labute approximate surface area is 102 Å². The van der Waals surface area contributed by atoms with Gasteiger partial charge in [-0.3, -0.25) is 0 Å². The van der Waals surface area contributed by atoms with Gasteiger partial charge in [-0.1, -0.05) is 11.6 Å². The maximum atomic E-state index is 6.33. The van der Waals surface area contributed by atoms with Crippen molar-refractivity contribution >= 4 is 11.6 Å². The van der Waals surface area contributed by atoms with Crippen LogP contribution in [0.3, 0.4) is 0 Å². The van der Waals surface area contributed by atoms with Gasteiger partial charge in [0.2, 0.25) is 0 Å². The highest BCUT2D eigenvalue weighted by Gasteiger charge is 2.43. The predicted octanol–water partition coefficient (Wildman–Crippen LogP) is 3.22. The van der Waals surface area contributed by atoms with Gasteiger partial charge in [0.25, 0.3) is 0 Å². The first-order valence-corrected chi connectivity index (χ1v) is 5.93. The van der Waals surface area contributed by atoms with Crippen LogP contribution in [0.4, 0.5) is 0 Å². The number of methoxy groups -OCH3 is 1. The molecule has 0 atom stereocenters. The summed E-state index contributed by atoms with van der Waals surface area (Å²) in [7, 11) is 1.65. The van der Waals surface area contributed by atoms with E-state index in [9.17, 15) is 0 Å². The lowest BCUT2D eigenvalue weighted by Crippen LogP contribution is -2.22. The summed E-state index contributed by atoms with van der Waals surface area (Å²) in [6, 6.07) is 0. The highest BCUT2D eigenvalue weighted by atomic mass is 35.5. The van der Waals surface area contributed by atoms with E-state index in [4.69, 9.17) is 22.1 Å². The summed E-state index contributed by atoms with van der Waals surface area (Å²) >= 11 is 6.33. The Kier molecular flexibility index (Phi) is 2.67. The molecule has 0 aliphatic heterocycles. The lowest BCUT2D eigenvalue weighted by atomic mass is 9.91. The van der Waals surface area contributed by atoms with Crippen LogP contribution in [0.5, 0.6) is 5.75 Å². The molecule has 88 valence electrons. The van der Waals surface area contributed by atoms with Crippen LogP contribution in [0.2, 0.25) is 5.02 Å². The zero-order valence-corrected chi connectivity index (χ0v) is 11.0. The second-order valence-corrected chi connectivity index (χ2v) is 5.13. The average molecular weight is 240 g/mol. The van der Waals surface area contributed by atoms with Crippen LogP contribution >= 0.6 is 11.6 Å². The topological polar surface area (TPSA) is 35.2 Å². The van der Waals surface area contributed by atoms with Crippen LogP contribution in [0.1, 0.15) is 35.1 Å². The number of nitrogens with two attached hydrogens (primary N) is 1. The number of hydrogen-bond donors (Lipinski definition) is 1. The second-order valence-electron chi connectivity index (χ2n) is 4.75. The predicted molar refractivity (Wildman–Crippen MR) is 67.3 cm³/mol. The Morgan fingerprint density at radius 1 is 1.12 bits per heavy atom. The minimum atomic E-state index is -0.144. The van der Waals surface area contributed by atoms with E-state index < -0.39 is 0 Å². The molecule has 1 aromatic rings. The van der Waals surface area contributed by atoms with Gasteiger partial charge in [0.15, 0.2) is 0 Å². The van der Waals surface area contributed by atoms with Crippen molar-refractivity contribution in [1.29, 1.82) is 0 Å². The van der Waals surface area contributed by atoms with Gasteiger partial charge in [0.1, 0.15) is 5.75 Å². The highest BCUT2D eigenvalue weighted by Crippen LogP contribution is 2.49. The molecule has 0 heterocycles. The lowest BCUT2D eigenvalue weighted by Gasteiger charge is -2.22. The molecule has 1 aliphatic rings. The van der Waals surface area contributed by atoms with Gasteiger partial charge in [0, 0.05) is 5.54 Å².